The van der Waals surface area contributed by atoms with E-state index in [0.717, 1.165) is 67.7 Å². The molecule has 1 aromatic carbocycles. The molecule has 2 fully saturated rings. The van der Waals surface area contributed by atoms with Gasteiger partial charge in [0.15, 0.2) is 0 Å². The van der Waals surface area contributed by atoms with Gasteiger partial charge in [0.25, 0.3) is 0 Å². The highest BCUT2D eigenvalue weighted by molar-refractivity contribution is 7.89. The van der Waals surface area contributed by atoms with Crippen molar-refractivity contribution < 1.29 is 26.3 Å². The Hall–Kier alpha value is -1.40. The Morgan fingerprint density at radius 1 is 1.09 bits per heavy atom. The third-order valence-electron chi connectivity index (χ3n) is 7.24. The third-order valence-corrected chi connectivity index (χ3v) is 9.94. The fourth-order valence-corrected chi connectivity index (χ4v) is 8.16. The molecular weight excluding hydrogens is 466 g/mol. The van der Waals surface area contributed by atoms with Crippen LogP contribution in [0.15, 0.2) is 12.1 Å². The van der Waals surface area contributed by atoms with Gasteiger partial charge in [0, 0.05) is 49.4 Å². The lowest BCUT2D eigenvalue weighted by molar-refractivity contribution is 0.0207. The minimum Gasteiger partial charge on any atom is -0.496 e. The van der Waals surface area contributed by atoms with E-state index in [1.807, 2.05) is 12.1 Å². The summed E-state index contributed by atoms with van der Waals surface area (Å²) < 4.78 is 64.6. The maximum Gasteiger partial charge on any atom is 0.214 e. The van der Waals surface area contributed by atoms with Gasteiger partial charge in [0.1, 0.15) is 11.5 Å². The van der Waals surface area contributed by atoms with Gasteiger partial charge in [-0.25, -0.2) is 21.6 Å². The monoisotopic (exact) mass is 501 g/mol. The van der Waals surface area contributed by atoms with E-state index in [4.69, 9.17) is 9.47 Å². The van der Waals surface area contributed by atoms with Crippen LogP contribution in [-0.4, -0.2) is 84.5 Å². The fraction of sp³-hybridized carbons (Fsp3) is 0.727. The summed E-state index contributed by atoms with van der Waals surface area (Å²) in [7, 11) is -3.46. The summed E-state index contributed by atoms with van der Waals surface area (Å²) in [6, 6.07) is 3.91. The molecule has 3 atom stereocenters. The molecule has 0 spiro atoms. The van der Waals surface area contributed by atoms with Crippen LogP contribution in [-0.2, 0) is 26.5 Å². The molecule has 3 aliphatic rings. The number of piperidine rings is 2. The van der Waals surface area contributed by atoms with E-state index >= 15 is 0 Å². The quantitative estimate of drug-likeness (QED) is 0.536. The highest BCUT2D eigenvalue weighted by atomic mass is 32.2. The second-order valence-electron chi connectivity index (χ2n) is 9.28. The van der Waals surface area contributed by atoms with Crippen LogP contribution in [0, 0.1) is 5.92 Å². The van der Waals surface area contributed by atoms with Crippen molar-refractivity contribution in [3.8, 4) is 11.5 Å². The molecule has 0 saturated carbocycles. The molecule has 1 aromatic rings. The SMILES string of the molecule is COc1ccc(OC)c2c1CCN1C[C@@H]3CCCN(S(=O)(=O)CCCNS(C)(=O)=O)[C@@H]3C[C@@H]21. The van der Waals surface area contributed by atoms with Crippen LogP contribution in [0.4, 0.5) is 0 Å². The van der Waals surface area contributed by atoms with E-state index in [1.165, 1.54) is 0 Å². The zero-order valence-corrected chi connectivity index (χ0v) is 21.3. The van der Waals surface area contributed by atoms with Crippen molar-refractivity contribution in [1.82, 2.24) is 13.9 Å². The van der Waals surface area contributed by atoms with E-state index in [-0.39, 0.29) is 30.8 Å². The van der Waals surface area contributed by atoms with Crippen molar-refractivity contribution in [2.24, 2.45) is 5.92 Å². The molecule has 9 nitrogen and oxygen atoms in total. The average molecular weight is 502 g/mol. The highest BCUT2D eigenvalue weighted by Crippen LogP contribution is 2.48. The zero-order valence-electron chi connectivity index (χ0n) is 19.6. The van der Waals surface area contributed by atoms with Crippen LogP contribution in [0.2, 0.25) is 0 Å². The first-order chi connectivity index (χ1) is 15.6. The first-order valence-corrected chi connectivity index (χ1v) is 15.1. The summed E-state index contributed by atoms with van der Waals surface area (Å²) in [6.45, 7) is 2.45. The minimum atomic E-state index is -3.49. The van der Waals surface area contributed by atoms with Gasteiger partial charge >= 0.3 is 0 Å². The van der Waals surface area contributed by atoms with Crippen molar-refractivity contribution >= 4 is 20.0 Å². The van der Waals surface area contributed by atoms with Crippen LogP contribution < -0.4 is 14.2 Å². The summed E-state index contributed by atoms with van der Waals surface area (Å²) in [5.74, 6) is 1.94. The molecule has 11 heteroatoms. The maximum atomic E-state index is 13.3. The zero-order chi connectivity index (χ0) is 23.8. The van der Waals surface area contributed by atoms with Crippen LogP contribution >= 0.6 is 0 Å². The number of rotatable bonds is 8. The van der Waals surface area contributed by atoms with Gasteiger partial charge in [-0.15, -0.1) is 0 Å². The van der Waals surface area contributed by atoms with Crippen molar-refractivity contribution in [1.29, 1.82) is 0 Å². The summed E-state index contributed by atoms with van der Waals surface area (Å²) in [4.78, 5) is 2.48. The molecule has 0 amide bonds. The number of hydrogen-bond acceptors (Lipinski definition) is 7. The number of benzene rings is 1. The predicted octanol–water partition coefficient (Wildman–Crippen LogP) is 1.36. The van der Waals surface area contributed by atoms with Crippen LogP contribution in [0.1, 0.15) is 42.9 Å². The normalized spacial score (nSPS) is 26.2. The molecular formula is C22H35N3O6S2. The lowest BCUT2D eigenvalue weighted by Gasteiger charge is -2.52. The molecule has 3 aliphatic heterocycles. The van der Waals surface area contributed by atoms with Crippen molar-refractivity contribution in [2.75, 3.05) is 52.4 Å². The van der Waals surface area contributed by atoms with Crippen LogP contribution in [0.25, 0.3) is 0 Å². The number of ether oxygens (including phenoxy) is 2. The lowest BCUT2D eigenvalue weighted by Crippen LogP contribution is -2.57. The van der Waals surface area contributed by atoms with Gasteiger partial charge in [0.2, 0.25) is 20.0 Å². The number of fused-ring (bicyclic) bond motifs is 4. The molecule has 0 aromatic heterocycles. The van der Waals surface area contributed by atoms with Crippen LogP contribution in [0.3, 0.4) is 0 Å². The first-order valence-electron chi connectivity index (χ1n) is 11.6. The van der Waals surface area contributed by atoms with Crippen molar-refractivity contribution in [3.05, 3.63) is 23.3 Å². The summed E-state index contributed by atoms with van der Waals surface area (Å²) in [5, 5.41) is 0. The van der Waals surface area contributed by atoms with E-state index in [0.29, 0.717) is 12.5 Å². The summed E-state index contributed by atoms with van der Waals surface area (Å²) in [6.07, 6.45) is 4.83. The first kappa shape index (κ1) is 24.7. The van der Waals surface area contributed by atoms with Crippen molar-refractivity contribution in [2.45, 2.75) is 44.2 Å². The van der Waals surface area contributed by atoms with Gasteiger partial charge in [0.05, 0.1) is 26.2 Å². The Bertz CT molecular complexity index is 1080. The molecule has 3 heterocycles. The Morgan fingerprint density at radius 3 is 2.52 bits per heavy atom. The molecule has 33 heavy (non-hydrogen) atoms. The summed E-state index contributed by atoms with van der Waals surface area (Å²) in [5.41, 5.74) is 2.29. The molecule has 1 N–H and O–H groups in total. The smallest absolute Gasteiger partial charge is 0.214 e. The Balaban J connectivity index is 1.57. The van der Waals surface area contributed by atoms with Crippen LogP contribution in [0.5, 0.6) is 11.5 Å². The second-order valence-corrected chi connectivity index (χ2v) is 13.1. The molecule has 0 aliphatic carbocycles. The van der Waals surface area contributed by atoms with E-state index < -0.39 is 20.0 Å². The Labute approximate surface area is 197 Å². The number of sulfonamides is 2. The largest absolute Gasteiger partial charge is 0.496 e. The molecule has 2 saturated heterocycles. The van der Waals surface area contributed by atoms with E-state index in [9.17, 15) is 16.8 Å². The van der Waals surface area contributed by atoms with Gasteiger partial charge < -0.3 is 9.47 Å². The third kappa shape index (κ3) is 5.17. The maximum absolute atomic E-state index is 13.3. The lowest BCUT2D eigenvalue weighted by atomic mass is 9.77. The molecule has 0 unspecified atom stereocenters. The standard InChI is InChI=1S/C22H35N3O6S2/c1-30-20-7-8-21(31-2)22-17(20)9-12-24-15-16-6-4-11-25(18(16)14-19(22)24)33(28,29)13-5-10-23-32(3,26)27/h7-8,16,18-19,23H,4-6,9-15H2,1-3H3/t16-,18+,19-/m0/s1. The molecule has 0 bridgehead atoms. The van der Waals surface area contributed by atoms with E-state index in [2.05, 4.69) is 9.62 Å². The van der Waals surface area contributed by atoms with E-state index in [1.54, 1.807) is 18.5 Å². The van der Waals surface area contributed by atoms with Gasteiger partial charge in [-0.2, -0.15) is 4.31 Å². The van der Waals surface area contributed by atoms with Gasteiger partial charge in [-0.1, -0.05) is 0 Å². The Morgan fingerprint density at radius 2 is 1.82 bits per heavy atom. The van der Waals surface area contributed by atoms with Crippen molar-refractivity contribution in [3.63, 3.8) is 0 Å². The molecule has 186 valence electrons. The fourth-order valence-electron chi connectivity index (χ4n) is 5.83. The van der Waals surface area contributed by atoms with Gasteiger partial charge in [-0.3, -0.25) is 4.90 Å². The number of nitrogens with one attached hydrogen (secondary N) is 1. The number of hydrogen-bond donors (Lipinski definition) is 1. The number of nitrogens with zero attached hydrogens (tertiary/aromatic N) is 2. The molecule has 0 radical (unpaired) electrons. The minimum absolute atomic E-state index is 0.0547. The highest BCUT2D eigenvalue weighted by Gasteiger charge is 2.46. The number of methoxy groups -OCH3 is 2. The summed E-state index contributed by atoms with van der Waals surface area (Å²) >= 11 is 0. The Kier molecular flexibility index (Phi) is 7.26. The average Bonchev–Trinajstić information content (AvgIpc) is 2.78. The molecule has 4 rings (SSSR count). The predicted molar refractivity (Wildman–Crippen MR) is 127 cm³/mol. The topological polar surface area (TPSA) is 105 Å². The second kappa shape index (κ2) is 9.69. The van der Waals surface area contributed by atoms with Gasteiger partial charge in [-0.05, 0) is 50.2 Å².